The summed E-state index contributed by atoms with van der Waals surface area (Å²) in [7, 11) is -3.83. The van der Waals surface area contributed by atoms with Crippen LogP contribution in [0.25, 0.3) is 0 Å². The summed E-state index contributed by atoms with van der Waals surface area (Å²) in [6.07, 6.45) is 0. The lowest BCUT2D eigenvalue weighted by molar-refractivity contribution is -0.00816. The first-order valence-electron chi connectivity index (χ1n) is 6.62. The van der Waals surface area contributed by atoms with Crippen molar-refractivity contribution in [3.8, 4) is 0 Å². The van der Waals surface area contributed by atoms with Crippen LogP contribution in [0.5, 0.6) is 0 Å². The van der Waals surface area contributed by atoms with Crippen LogP contribution in [0.15, 0.2) is 23.1 Å². The third kappa shape index (κ3) is 5.11. The average molecular weight is 314 g/mol. The zero-order valence-corrected chi connectivity index (χ0v) is 13.6. The van der Waals surface area contributed by atoms with E-state index in [2.05, 4.69) is 5.32 Å². The van der Waals surface area contributed by atoms with Gasteiger partial charge < -0.3 is 10.1 Å². The van der Waals surface area contributed by atoms with E-state index in [9.17, 15) is 13.2 Å². The van der Waals surface area contributed by atoms with Gasteiger partial charge in [-0.3, -0.25) is 4.79 Å². The number of nitrogens with two attached hydrogens (primary N) is 1. The molecule has 7 heteroatoms. The topological polar surface area (TPSA) is 98.5 Å². The Morgan fingerprint density at radius 2 is 2.00 bits per heavy atom. The summed E-state index contributed by atoms with van der Waals surface area (Å²) in [6, 6.07) is 4.22. The third-order valence-corrected chi connectivity index (χ3v) is 3.90. The number of amides is 1. The maximum atomic E-state index is 12.2. The lowest BCUT2D eigenvalue weighted by atomic mass is 10.1. The van der Waals surface area contributed by atoms with Crippen LogP contribution in [-0.4, -0.2) is 33.1 Å². The molecule has 0 bridgehead atoms. The van der Waals surface area contributed by atoms with Crippen molar-refractivity contribution >= 4 is 15.9 Å². The van der Waals surface area contributed by atoms with E-state index >= 15 is 0 Å². The number of hydrogen-bond donors (Lipinski definition) is 2. The quantitative estimate of drug-likeness (QED) is 0.824. The Hall–Kier alpha value is -1.44. The molecule has 21 heavy (non-hydrogen) atoms. The molecule has 1 aromatic carbocycles. The molecule has 118 valence electrons. The van der Waals surface area contributed by atoms with Crippen LogP contribution < -0.4 is 10.5 Å². The molecule has 1 amide bonds. The van der Waals surface area contributed by atoms with Gasteiger partial charge in [0, 0.05) is 18.7 Å². The number of carbonyl (C=O) groups is 1. The Morgan fingerprint density at radius 1 is 1.38 bits per heavy atom. The highest BCUT2D eigenvalue weighted by atomic mass is 32.2. The van der Waals surface area contributed by atoms with Crippen molar-refractivity contribution in [3.05, 3.63) is 29.3 Å². The highest BCUT2D eigenvalue weighted by molar-refractivity contribution is 7.89. The Labute approximate surface area is 125 Å². The first-order valence-corrected chi connectivity index (χ1v) is 8.17. The smallest absolute Gasteiger partial charge is 0.251 e. The molecule has 0 aliphatic heterocycles. The zero-order valence-electron chi connectivity index (χ0n) is 12.8. The normalized spacial score (nSPS) is 12.2. The number of rotatable bonds is 6. The van der Waals surface area contributed by atoms with Crippen LogP contribution >= 0.6 is 0 Å². The van der Waals surface area contributed by atoms with Crippen molar-refractivity contribution in [3.63, 3.8) is 0 Å². The monoisotopic (exact) mass is 314 g/mol. The molecule has 0 aliphatic rings. The molecule has 0 unspecified atom stereocenters. The lowest BCUT2D eigenvalue weighted by Crippen LogP contribution is -2.40. The van der Waals surface area contributed by atoms with Crippen molar-refractivity contribution in [1.29, 1.82) is 0 Å². The van der Waals surface area contributed by atoms with E-state index in [0.717, 1.165) is 0 Å². The van der Waals surface area contributed by atoms with Crippen molar-refractivity contribution in [2.75, 3.05) is 13.2 Å². The van der Waals surface area contributed by atoms with Gasteiger partial charge in [-0.2, -0.15) is 0 Å². The molecule has 3 N–H and O–H groups in total. The molecule has 0 atom stereocenters. The average Bonchev–Trinajstić information content (AvgIpc) is 2.35. The van der Waals surface area contributed by atoms with Gasteiger partial charge in [-0.25, -0.2) is 13.6 Å². The van der Waals surface area contributed by atoms with Crippen LogP contribution in [0.2, 0.25) is 0 Å². The van der Waals surface area contributed by atoms with Crippen LogP contribution in [0, 0.1) is 6.92 Å². The third-order valence-electron chi connectivity index (χ3n) is 2.99. The summed E-state index contributed by atoms with van der Waals surface area (Å²) in [5.41, 5.74) is 0.471. The molecule has 0 saturated heterocycles. The number of hydrogen-bond acceptors (Lipinski definition) is 4. The summed E-state index contributed by atoms with van der Waals surface area (Å²) < 4.78 is 28.2. The maximum Gasteiger partial charge on any atom is 0.251 e. The number of ether oxygens (including phenoxy) is 1. The van der Waals surface area contributed by atoms with Crippen molar-refractivity contribution in [2.45, 2.75) is 38.2 Å². The molecule has 0 saturated carbocycles. The molecule has 0 spiro atoms. The molecular formula is C14H22N2O4S. The molecule has 0 aromatic heterocycles. The van der Waals surface area contributed by atoms with E-state index in [1.54, 1.807) is 13.0 Å². The van der Waals surface area contributed by atoms with Gasteiger partial charge in [0.15, 0.2) is 0 Å². The summed E-state index contributed by atoms with van der Waals surface area (Å²) in [5.74, 6) is -0.356. The standard InChI is InChI=1S/C14H22N2O4S/c1-5-20-14(3,4)9-16-13(17)12-8-11(21(15,18)19)7-6-10(12)2/h6-8H,5,9H2,1-4H3,(H,16,17)(H2,15,18,19). The summed E-state index contributed by atoms with van der Waals surface area (Å²) in [4.78, 5) is 12.1. The fourth-order valence-electron chi connectivity index (χ4n) is 1.85. The molecule has 0 aliphatic carbocycles. The van der Waals surface area contributed by atoms with Gasteiger partial charge in [0.1, 0.15) is 0 Å². The van der Waals surface area contributed by atoms with Crippen molar-refractivity contribution in [1.82, 2.24) is 5.32 Å². The molecule has 6 nitrogen and oxygen atoms in total. The molecule has 1 rings (SSSR count). The highest BCUT2D eigenvalue weighted by Gasteiger charge is 2.20. The van der Waals surface area contributed by atoms with Gasteiger partial charge in [0.2, 0.25) is 10.0 Å². The van der Waals surface area contributed by atoms with E-state index in [4.69, 9.17) is 9.88 Å². The molecule has 0 fully saturated rings. The predicted octanol–water partition coefficient (Wildman–Crippen LogP) is 1.19. The van der Waals surface area contributed by atoms with Gasteiger partial charge in [0.25, 0.3) is 5.91 Å². The molecular weight excluding hydrogens is 292 g/mol. The number of carbonyl (C=O) groups excluding carboxylic acids is 1. The van der Waals surface area contributed by atoms with Crippen molar-refractivity contribution < 1.29 is 17.9 Å². The number of benzene rings is 1. The zero-order chi connectivity index (χ0) is 16.3. The predicted molar refractivity (Wildman–Crippen MR) is 80.6 cm³/mol. The van der Waals surface area contributed by atoms with Gasteiger partial charge in [-0.05, 0) is 45.4 Å². The minimum absolute atomic E-state index is 0.0812. The number of aryl methyl sites for hydroxylation is 1. The SMILES string of the molecule is CCOC(C)(C)CNC(=O)c1cc(S(N)(=O)=O)ccc1C. The van der Waals surface area contributed by atoms with Crippen LogP contribution in [0.4, 0.5) is 0 Å². The first kappa shape index (κ1) is 17.6. The number of nitrogens with one attached hydrogen (secondary N) is 1. The number of primary sulfonamides is 1. The van der Waals surface area contributed by atoms with Gasteiger partial charge in [-0.15, -0.1) is 0 Å². The molecule has 0 radical (unpaired) electrons. The van der Waals surface area contributed by atoms with Crippen LogP contribution in [0.3, 0.4) is 0 Å². The van der Waals surface area contributed by atoms with E-state index in [0.29, 0.717) is 18.7 Å². The minimum atomic E-state index is -3.83. The second-order valence-corrected chi connectivity index (χ2v) is 6.96. The Kier molecular flexibility index (Phi) is 5.49. The maximum absolute atomic E-state index is 12.2. The van der Waals surface area contributed by atoms with Gasteiger partial charge >= 0.3 is 0 Å². The van der Waals surface area contributed by atoms with Gasteiger partial charge in [0.05, 0.1) is 10.5 Å². The Balaban J connectivity index is 2.93. The first-order chi connectivity index (χ1) is 9.57. The molecule has 0 heterocycles. The summed E-state index contributed by atoms with van der Waals surface area (Å²) >= 11 is 0. The Bertz CT molecular complexity index is 624. The molecule has 1 aromatic rings. The Morgan fingerprint density at radius 3 is 2.52 bits per heavy atom. The summed E-state index contributed by atoms with van der Waals surface area (Å²) in [5, 5.41) is 7.82. The van der Waals surface area contributed by atoms with Crippen LogP contribution in [0.1, 0.15) is 36.7 Å². The van der Waals surface area contributed by atoms with E-state index < -0.39 is 15.6 Å². The van der Waals surface area contributed by atoms with Crippen molar-refractivity contribution in [2.24, 2.45) is 5.14 Å². The summed E-state index contributed by atoms with van der Waals surface area (Å²) in [6.45, 7) is 8.20. The minimum Gasteiger partial charge on any atom is -0.374 e. The highest BCUT2D eigenvalue weighted by Crippen LogP contribution is 2.15. The fraction of sp³-hybridized carbons (Fsp3) is 0.500. The second kappa shape index (κ2) is 6.55. The number of sulfonamides is 1. The lowest BCUT2D eigenvalue weighted by Gasteiger charge is -2.25. The van der Waals surface area contributed by atoms with Gasteiger partial charge in [-0.1, -0.05) is 6.07 Å². The second-order valence-electron chi connectivity index (χ2n) is 5.40. The van der Waals surface area contributed by atoms with Crippen LogP contribution in [-0.2, 0) is 14.8 Å². The van der Waals surface area contributed by atoms with E-state index in [1.165, 1.54) is 12.1 Å². The largest absolute Gasteiger partial charge is 0.374 e. The van der Waals surface area contributed by atoms with E-state index in [-0.39, 0.29) is 16.4 Å². The fourth-order valence-corrected chi connectivity index (χ4v) is 2.39. The van der Waals surface area contributed by atoms with E-state index in [1.807, 2.05) is 20.8 Å².